The second-order valence-corrected chi connectivity index (χ2v) is 14.8. The van der Waals surface area contributed by atoms with Crippen LogP contribution >= 0.6 is 58.8 Å². The topological polar surface area (TPSA) is 0 Å². The monoisotopic (exact) mass is 618 g/mol. The van der Waals surface area contributed by atoms with Gasteiger partial charge in [-0.3, -0.25) is 0 Å². The summed E-state index contributed by atoms with van der Waals surface area (Å²) < 4.78 is 0. The van der Waals surface area contributed by atoms with E-state index in [9.17, 15) is 0 Å². The smallest absolute Gasteiger partial charge is 0.0133 e. The zero-order valence-electron chi connectivity index (χ0n) is 22.1. The van der Waals surface area contributed by atoms with Crippen LogP contribution in [0.3, 0.4) is 0 Å². The van der Waals surface area contributed by atoms with Gasteiger partial charge in [0, 0.05) is 49.0 Å². The van der Waals surface area contributed by atoms with Crippen molar-refractivity contribution in [3.63, 3.8) is 0 Å². The maximum Gasteiger partial charge on any atom is 0.0133 e. The number of hydrogen-bond donors (Lipinski definition) is 0. The molecular formula is C36H26S5. The first-order chi connectivity index (χ1) is 20.2. The van der Waals surface area contributed by atoms with Gasteiger partial charge in [0.25, 0.3) is 0 Å². The van der Waals surface area contributed by atoms with Crippen molar-refractivity contribution in [1.29, 1.82) is 0 Å². The van der Waals surface area contributed by atoms with Crippen molar-refractivity contribution in [3.05, 3.63) is 158 Å². The Kier molecular flexibility index (Phi) is 9.84. The van der Waals surface area contributed by atoms with E-state index in [2.05, 4.69) is 158 Å². The summed E-state index contributed by atoms with van der Waals surface area (Å²) in [5, 5.41) is 0. The summed E-state index contributed by atoms with van der Waals surface area (Å²) in [6.07, 6.45) is 0. The summed E-state index contributed by atoms with van der Waals surface area (Å²) in [6, 6.07) is 56.3. The molecule has 0 amide bonds. The van der Waals surface area contributed by atoms with E-state index in [4.69, 9.17) is 0 Å². The van der Waals surface area contributed by atoms with Gasteiger partial charge in [-0.1, -0.05) is 119 Å². The molecule has 0 fully saturated rings. The van der Waals surface area contributed by atoms with Gasteiger partial charge in [0.1, 0.15) is 0 Å². The zero-order valence-corrected chi connectivity index (χ0v) is 26.1. The first-order valence-electron chi connectivity index (χ1n) is 13.1. The molecule has 0 aliphatic carbocycles. The highest BCUT2D eigenvalue weighted by Crippen LogP contribution is 2.38. The van der Waals surface area contributed by atoms with Gasteiger partial charge in [0.2, 0.25) is 0 Å². The Morgan fingerprint density at radius 2 is 0.390 bits per heavy atom. The lowest BCUT2D eigenvalue weighted by molar-refractivity contribution is 1.27. The Morgan fingerprint density at radius 3 is 0.634 bits per heavy atom. The normalized spacial score (nSPS) is 10.9. The highest BCUT2D eigenvalue weighted by molar-refractivity contribution is 8.01. The molecule has 0 spiro atoms. The molecule has 0 saturated heterocycles. The van der Waals surface area contributed by atoms with Crippen LogP contribution in [0.2, 0.25) is 0 Å². The van der Waals surface area contributed by atoms with E-state index in [1.807, 2.05) is 35.3 Å². The maximum atomic E-state index is 2.29. The van der Waals surface area contributed by atoms with Crippen molar-refractivity contribution in [3.8, 4) is 0 Å². The Bertz CT molecular complexity index is 1590. The van der Waals surface area contributed by atoms with Crippen molar-refractivity contribution in [1.82, 2.24) is 0 Å². The Labute approximate surface area is 263 Å². The molecule has 0 saturated carbocycles. The average Bonchev–Trinajstić information content (AvgIpc) is 2.99. The first kappa shape index (κ1) is 28.2. The number of benzene rings is 6. The molecule has 0 radical (unpaired) electrons. The fourth-order valence-corrected chi connectivity index (χ4v) is 8.97. The van der Waals surface area contributed by atoms with Gasteiger partial charge in [0.05, 0.1) is 0 Å². The number of hydrogen-bond acceptors (Lipinski definition) is 5. The third-order valence-electron chi connectivity index (χ3n) is 5.89. The molecule has 5 heteroatoms. The predicted molar refractivity (Wildman–Crippen MR) is 179 cm³/mol. The molecule has 6 aromatic carbocycles. The van der Waals surface area contributed by atoms with E-state index >= 15 is 0 Å². The van der Waals surface area contributed by atoms with Crippen molar-refractivity contribution in [2.24, 2.45) is 0 Å². The highest BCUT2D eigenvalue weighted by Gasteiger charge is 2.06. The van der Waals surface area contributed by atoms with Crippen LogP contribution in [0.4, 0.5) is 0 Å². The van der Waals surface area contributed by atoms with E-state index in [-0.39, 0.29) is 0 Å². The van der Waals surface area contributed by atoms with Gasteiger partial charge in [-0.25, -0.2) is 0 Å². The Balaban J connectivity index is 1.11. The van der Waals surface area contributed by atoms with Crippen molar-refractivity contribution in [2.75, 3.05) is 0 Å². The van der Waals surface area contributed by atoms with Crippen LogP contribution in [0.5, 0.6) is 0 Å². The van der Waals surface area contributed by atoms with Crippen molar-refractivity contribution < 1.29 is 0 Å². The van der Waals surface area contributed by atoms with E-state index in [1.165, 1.54) is 49.0 Å². The molecule has 0 unspecified atom stereocenters. The fraction of sp³-hybridized carbons (Fsp3) is 0. The molecule has 0 heterocycles. The SMILES string of the molecule is c1ccc(Sc2cccc(Sc3cccc(Sc4cccc(Sc5cccc(Sc6ccccc6)c5)c4)c3)c2)cc1. The summed E-state index contributed by atoms with van der Waals surface area (Å²) >= 11 is 9.03. The van der Waals surface area contributed by atoms with E-state index in [0.29, 0.717) is 0 Å². The molecule has 6 rings (SSSR count). The van der Waals surface area contributed by atoms with Crippen LogP contribution in [-0.2, 0) is 0 Å². The van der Waals surface area contributed by atoms with Gasteiger partial charge in [-0.05, 0) is 97.1 Å². The van der Waals surface area contributed by atoms with Crippen LogP contribution in [0.25, 0.3) is 0 Å². The summed E-state index contributed by atoms with van der Waals surface area (Å²) in [7, 11) is 0. The summed E-state index contributed by atoms with van der Waals surface area (Å²) in [6.45, 7) is 0. The molecule has 0 aromatic heterocycles. The van der Waals surface area contributed by atoms with Crippen LogP contribution < -0.4 is 0 Å². The minimum atomic E-state index is 1.24. The molecule has 41 heavy (non-hydrogen) atoms. The second-order valence-electron chi connectivity index (χ2n) is 9.04. The van der Waals surface area contributed by atoms with Crippen LogP contribution in [0.1, 0.15) is 0 Å². The van der Waals surface area contributed by atoms with E-state index < -0.39 is 0 Å². The second kappa shape index (κ2) is 14.3. The van der Waals surface area contributed by atoms with Gasteiger partial charge >= 0.3 is 0 Å². The first-order valence-corrected chi connectivity index (χ1v) is 17.2. The lowest BCUT2D eigenvalue weighted by atomic mass is 10.3. The number of rotatable bonds is 10. The predicted octanol–water partition coefficient (Wildman–Crippen LogP) is 12.4. The zero-order chi connectivity index (χ0) is 27.7. The molecule has 200 valence electrons. The largest absolute Gasteiger partial charge is 0.0901 e. The summed E-state index contributed by atoms with van der Waals surface area (Å²) in [5.74, 6) is 0. The third-order valence-corrected chi connectivity index (χ3v) is 10.8. The van der Waals surface area contributed by atoms with Crippen LogP contribution in [-0.4, -0.2) is 0 Å². The van der Waals surface area contributed by atoms with Gasteiger partial charge in [-0.15, -0.1) is 0 Å². The lowest BCUT2D eigenvalue weighted by Gasteiger charge is -2.09. The molecule has 0 nitrogen and oxygen atoms in total. The summed E-state index contributed by atoms with van der Waals surface area (Å²) in [4.78, 5) is 12.5. The van der Waals surface area contributed by atoms with E-state index in [0.717, 1.165) is 0 Å². The lowest BCUT2D eigenvalue weighted by Crippen LogP contribution is -1.80. The van der Waals surface area contributed by atoms with Gasteiger partial charge < -0.3 is 0 Å². The van der Waals surface area contributed by atoms with Gasteiger partial charge in [0.15, 0.2) is 0 Å². The Morgan fingerprint density at radius 1 is 0.195 bits per heavy atom. The van der Waals surface area contributed by atoms with Crippen molar-refractivity contribution >= 4 is 58.8 Å². The van der Waals surface area contributed by atoms with E-state index in [1.54, 1.807) is 23.5 Å². The third kappa shape index (κ3) is 8.54. The van der Waals surface area contributed by atoms with Gasteiger partial charge in [-0.2, -0.15) is 0 Å². The summed E-state index contributed by atoms with van der Waals surface area (Å²) in [5.41, 5.74) is 0. The fourth-order valence-electron chi connectivity index (χ4n) is 4.06. The minimum Gasteiger partial charge on any atom is -0.0901 e. The molecule has 0 aliphatic heterocycles. The molecule has 0 N–H and O–H groups in total. The molecule has 0 aliphatic rings. The standard InChI is InChI=1S/C36H26S5/c1-3-11-27(12-4-1)37-29-15-7-17-31(23-29)39-33-19-9-21-35(25-33)41-36-22-10-20-34(26-36)40-32-18-8-16-30(24-32)38-28-13-5-2-6-14-28/h1-26H. The maximum absolute atomic E-state index is 2.29. The molecule has 6 aromatic rings. The molecule has 0 atom stereocenters. The average molecular weight is 619 g/mol. The van der Waals surface area contributed by atoms with Crippen LogP contribution in [0.15, 0.2) is 207 Å². The van der Waals surface area contributed by atoms with Crippen molar-refractivity contribution in [2.45, 2.75) is 49.0 Å². The Hall–Kier alpha value is -2.93. The highest BCUT2D eigenvalue weighted by atomic mass is 32.2. The molecular weight excluding hydrogens is 593 g/mol. The quantitative estimate of drug-likeness (QED) is 0.149. The minimum absolute atomic E-state index is 1.24. The molecule has 0 bridgehead atoms. The van der Waals surface area contributed by atoms with Crippen LogP contribution in [0, 0.1) is 0 Å².